The number of nitrogens with zero attached hydrogens (tertiary/aromatic N) is 2. The fourth-order valence-electron chi connectivity index (χ4n) is 3.16. The molecule has 3 rings (SSSR count). The van der Waals surface area contributed by atoms with Crippen LogP contribution < -0.4 is 4.90 Å². The van der Waals surface area contributed by atoms with Crippen LogP contribution in [0.15, 0.2) is 42.5 Å². The molecule has 2 amide bonds. The molecule has 2 aromatic carbocycles. The lowest BCUT2D eigenvalue weighted by molar-refractivity contribution is -0.118. The van der Waals surface area contributed by atoms with E-state index in [1.807, 2.05) is 43.3 Å². The minimum Gasteiger partial charge on any atom is -0.337 e. The molecule has 2 aromatic rings. The molecule has 1 aliphatic rings. The van der Waals surface area contributed by atoms with Gasteiger partial charge in [0.15, 0.2) is 0 Å². The number of anilines is 1. The van der Waals surface area contributed by atoms with Crippen molar-refractivity contribution in [3.63, 3.8) is 0 Å². The maximum atomic E-state index is 12.7. The summed E-state index contributed by atoms with van der Waals surface area (Å²) in [5.41, 5.74) is 3.54. The van der Waals surface area contributed by atoms with Crippen LogP contribution in [0.5, 0.6) is 0 Å². The predicted octanol–water partition coefficient (Wildman–Crippen LogP) is 3.91. The van der Waals surface area contributed by atoms with Gasteiger partial charge < -0.3 is 9.80 Å². The maximum Gasteiger partial charge on any atom is 0.253 e. The summed E-state index contributed by atoms with van der Waals surface area (Å²) < 4.78 is 0. The first-order chi connectivity index (χ1) is 12.0. The van der Waals surface area contributed by atoms with Gasteiger partial charge in [0.25, 0.3) is 5.91 Å². The van der Waals surface area contributed by atoms with Crippen molar-refractivity contribution in [2.75, 3.05) is 18.5 Å². The number of hydrogen-bond acceptors (Lipinski definition) is 2. The van der Waals surface area contributed by atoms with Gasteiger partial charge in [0.05, 0.1) is 0 Å². The second kappa shape index (κ2) is 7.28. The van der Waals surface area contributed by atoms with E-state index in [9.17, 15) is 9.59 Å². The summed E-state index contributed by atoms with van der Waals surface area (Å²) >= 11 is 6.18. The third-order valence-corrected chi connectivity index (χ3v) is 4.91. The molecular weight excluding hydrogens is 336 g/mol. The molecule has 0 spiro atoms. The summed E-state index contributed by atoms with van der Waals surface area (Å²) in [6, 6.07) is 13.1. The van der Waals surface area contributed by atoms with E-state index in [1.54, 1.807) is 22.9 Å². The van der Waals surface area contributed by atoms with Crippen LogP contribution in [0.1, 0.15) is 34.8 Å². The molecule has 0 bridgehead atoms. The van der Waals surface area contributed by atoms with Crippen LogP contribution in [-0.4, -0.2) is 30.3 Å². The van der Waals surface area contributed by atoms with E-state index < -0.39 is 0 Å². The second-order valence-electron chi connectivity index (χ2n) is 6.25. The third-order valence-electron chi connectivity index (χ3n) is 4.54. The zero-order chi connectivity index (χ0) is 18.0. The fourth-order valence-corrected chi connectivity index (χ4v) is 3.35. The molecule has 5 heteroatoms. The molecule has 1 aliphatic heterocycles. The Hall–Kier alpha value is -2.33. The van der Waals surface area contributed by atoms with Crippen LogP contribution >= 0.6 is 11.6 Å². The van der Waals surface area contributed by atoms with Gasteiger partial charge in [-0.2, -0.15) is 0 Å². The zero-order valence-corrected chi connectivity index (χ0v) is 15.2. The predicted molar refractivity (Wildman–Crippen MR) is 100 cm³/mol. The highest BCUT2D eigenvalue weighted by Gasteiger charge is 2.25. The van der Waals surface area contributed by atoms with E-state index in [-0.39, 0.29) is 11.8 Å². The molecule has 0 saturated carbocycles. The molecule has 0 aromatic heterocycles. The van der Waals surface area contributed by atoms with E-state index in [4.69, 9.17) is 11.6 Å². The third kappa shape index (κ3) is 3.54. The first-order valence-electron chi connectivity index (χ1n) is 8.43. The van der Waals surface area contributed by atoms with Gasteiger partial charge in [-0.05, 0) is 41.8 Å². The standard InChI is InChI=1S/C20H21ClN2O2/c1-3-19(24)23-11-10-14-12-15(8-9-18(14)23)20(25)22(2)13-16-6-4-5-7-17(16)21/h4-9,12H,3,10-11,13H2,1-2H3. The van der Waals surface area contributed by atoms with Crippen molar-refractivity contribution in [3.8, 4) is 0 Å². The highest BCUT2D eigenvalue weighted by atomic mass is 35.5. The maximum absolute atomic E-state index is 12.7. The van der Waals surface area contributed by atoms with Crippen LogP contribution in [0.25, 0.3) is 0 Å². The zero-order valence-electron chi connectivity index (χ0n) is 14.5. The molecular formula is C20H21ClN2O2. The average molecular weight is 357 g/mol. The van der Waals surface area contributed by atoms with Gasteiger partial charge in [-0.3, -0.25) is 9.59 Å². The number of amides is 2. The highest BCUT2D eigenvalue weighted by molar-refractivity contribution is 6.31. The lowest BCUT2D eigenvalue weighted by atomic mass is 10.1. The summed E-state index contributed by atoms with van der Waals surface area (Å²) in [6.07, 6.45) is 1.27. The Labute approximate surface area is 153 Å². The molecule has 0 unspecified atom stereocenters. The van der Waals surface area contributed by atoms with Gasteiger partial charge >= 0.3 is 0 Å². The highest BCUT2D eigenvalue weighted by Crippen LogP contribution is 2.30. The van der Waals surface area contributed by atoms with E-state index in [0.717, 1.165) is 23.2 Å². The number of benzene rings is 2. The first kappa shape index (κ1) is 17.5. The Morgan fingerprint density at radius 2 is 1.96 bits per heavy atom. The normalized spacial score (nSPS) is 12.8. The molecule has 0 radical (unpaired) electrons. The minimum absolute atomic E-state index is 0.0528. The van der Waals surface area contributed by atoms with E-state index >= 15 is 0 Å². The Bertz CT molecular complexity index is 819. The summed E-state index contributed by atoms with van der Waals surface area (Å²) in [4.78, 5) is 28.2. The van der Waals surface area contributed by atoms with Gasteiger partial charge in [-0.15, -0.1) is 0 Å². The number of rotatable bonds is 4. The molecule has 4 nitrogen and oxygen atoms in total. The Morgan fingerprint density at radius 3 is 2.68 bits per heavy atom. The van der Waals surface area contributed by atoms with Crippen molar-refractivity contribution < 1.29 is 9.59 Å². The van der Waals surface area contributed by atoms with Crippen molar-refractivity contribution in [2.24, 2.45) is 0 Å². The van der Waals surface area contributed by atoms with Crippen molar-refractivity contribution >= 4 is 29.1 Å². The van der Waals surface area contributed by atoms with Crippen LogP contribution in [-0.2, 0) is 17.8 Å². The molecule has 0 atom stereocenters. The largest absolute Gasteiger partial charge is 0.337 e. The van der Waals surface area contributed by atoms with Crippen LogP contribution in [0.3, 0.4) is 0 Å². The Kier molecular flexibility index (Phi) is 5.09. The lowest BCUT2D eigenvalue weighted by Gasteiger charge is -2.19. The minimum atomic E-state index is -0.0528. The van der Waals surface area contributed by atoms with Crippen molar-refractivity contribution in [1.29, 1.82) is 0 Å². The monoisotopic (exact) mass is 356 g/mol. The number of halogens is 1. The number of carbonyl (C=O) groups excluding carboxylic acids is 2. The summed E-state index contributed by atoms with van der Waals surface area (Å²) in [6.45, 7) is 3.01. The smallest absolute Gasteiger partial charge is 0.253 e. The van der Waals surface area contributed by atoms with Gasteiger partial charge in [0.1, 0.15) is 0 Å². The van der Waals surface area contributed by atoms with E-state index in [1.165, 1.54) is 0 Å². The SMILES string of the molecule is CCC(=O)N1CCc2cc(C(=O)N(C)Cc3ccccc3Cl)ccc21. The van der Waals surface area contributed by atoms with Crippen molar-refractivity contribution in [2.45, 2.75) is 26.3 Å². The van der Waals surface area contributed by atoms with Crippen LogP contribution in [0, 0.1) is 0 Å². The quantitative estimate of drug-likeness (QED) is 0.833. The van der Waals surface area contributed by atoms with E-state index in [0.29, 0.717) is 30.1 Å². The number of carbonyl (C=O) groups is 2. The first-order valence-corrected chi connectivity index (χ1v) is 8.81. The number of fused-ring (bicyclic) bond motifs is 1. The van der Waals surface area contributed by atoms with Gasteiger partial charge in [-0.25, -0.2) is 0 Å². The average Bonchev–Trinajstić information content (AvgIpc) is 3.05. The molecule has 0 aliphatic carbocycles. The fraction of sp³-hybridized carbons (Fsp3) is 0.300. The summed E-state index contributed by atoms with van der Waals surface area (Å²) in [5.74, 6) is 0.0663. The summed E-state index contributed by atoms with van der Waals surface area (Å²) in [7, 11) is 1.77. The number of hydrogen-bond donors (Lipinski definition) is 0. The molecule has 0 N–H and O–H groups in total. The van der Waals surface area contributed by atoms with Gasteiger partial charge in [0, 0.05) is 42.8 Å². The summed E-state index contributed by atoms with van der Waals surface area (Å²) in [5, 5.41) is 0.657. The topological polar surface area (TPSA) is 40.6 Å². The van der Waals surface area contributed by atoms with Crippen molar-refractivity contribution in [3.05, 3.63) is 64.2 Å². The second-order valence-corrected chi connectivity index (χ2v) is 6.65. The van der Waals surface area contributed by atoms with E-state index in [2.05, 4.69) is 0 Å². The molecule has 25 heavy (non-hydrogen) atoms. The lowest BCUT2D eigenvalue weighted by Crippen LogP contribution is -2.28. The molecule has 1 heterocycles. The van der Waals surface area contributed by atoms with Gasteiger partial charge in [-0.1, -0.05) is 36.7 Å². The molecule has 0 fully saturated rings. The Morgan fingerprint density at radius 1 is 1.20 bits per heavy atom. The molecule has 130 valence electrons. The van der Waals surface area contributed by atoms with Crippen LogP contribution in [0.4, 0.5) is 5.69 Å². The van der Waals surface area contributed by atoms with Crippen molar-refractivity contribution in [1.82, 2.24) is 4.90 Å². The van der Waals surface area contributed by atoms with Gasteiger partial charge in [0.2, 0.25) is 5.91 Å². The Balaban J connectivity index is 1.77. The van der Waals surface area contributed by atoms with Crippen LogP contribution in [0.2, 0.25) is 5.02 Å². The molecule has 0 saturated heterocycles.